The molecule has 158 valence electrons. The molecule has 28 heavy (non-hydrogen) atoms. The summed E-state index contributed by atoms with van der Waals surface area (Å²) in [5, 5.41) is 3.12. The van der Waals surface area contributed by atoms with E-state index in [1.807, 2.05) is 0 Å². The van der Waals surface area contributed by atoms with Gasteiger partial charge in [0.15, 0.2) is 0 Å². The van der Waals surface area contributed by atoms with E-state index < -0.39 is 5.97 Å². The van der Waals surface area contributed by atoms with Crippen molar-refractivity contribution in [1.82, 2.24) is 15.1 Å². The highest BCUT2D eigenvalue weighted by Gasteiger charge is 2.37. The van der Waals surface area contributed by atoms with Crippen molar-refractivity contribution >= 4 is 17.8 Å². The van der Waals surface area contributed by atoms with Crippen molar-refractivity contribution in [1.29, 1.82) is 0 Å². The highest BCUT2D eigenvalue weighted by atomic mass is 16.5. The molecule has 0 aromatic rings. The van der Waals surface area contributed by atoms with E-state index in [0.29, 0.717) is 38.6 Å². The molecule has 0 radical (unpaired) electrons. The number of nitrogens with zero attached hydrogens (tertiary/aromatic N) is 2. The Kier molecular flexibility index (Phi) is 7.67. The second-order valence-corrected chi connectivity index (χ2v) is 8.04. The second-order valence-electron chi connectivity index (χ2n) is 8.04. The Balaban J connectivity index is 1.54. The smallest absolute Gasteiger partial charge is 0.315 e. The predicted octanol–water partition coefficient (Wildman–Crippen LogP) is 0.548. The van der Waals surface area contributed by atoms with Gasteiger partial charge in [0, 0.05) is 39.3 Å². The van der Waals surface area contributed by atoms with Crippen LogP contribution in [0.2, 0.25) is 0 Å². The molecule has 8 nitrogen and oxygen atoms in total. The summed E-state index contributed by atoms with van der Waals surface area (Å²) in [6.45, 7) is 3.76. The Morgan fingerprint density at radius 2 is 1.79 bits per heavy atom. The van der Waals surface area contributed by atoms with Crippen molar-refractivity contribution in [3.05, 3.63) is 0 Å². The zero-order valence-electron chi connectivity index (χ0n) is 16.9. The average Bonchev–Trinajstić information content (AvgIpc) is 3.41. The number of methoxy groups -OCH3 is 1. The maximum absolute atomic E-state index is 13.0. The number of hydrogen-bond acceptors (Lipinski definition) is 6. The number of carbonyl (C=O) groups excluding carboxylic acids is 3. The number of rotatable bonds is 7. The van der Waals surface area contributed by atoms with Crippen LogP contribution < -0.4 is 5.32 Å². The van der Waals surface area contributed by atoms with Gasteiger partial charge in [0.25, 0.3) is 0 Å². The van der Waals surface area contributed by atoms with Crippen LogP contribution in [0.5, 0.6) is 0 Å². The van der Waals surface area contributed by atoms with Gasteiger partial charge in [-0.05, 0) is 31.6 Å². The lowest BCUT2D eigenvalue weighted by Crippen LogP contribution is -2.58. The number of amides is 2. The van der Waals surface area contributed by atoms with Gasteiger partial charge in [-0.3, -0.25) is 19.3 Å². The normalized spacial score (nSPS) is 24.9. The van der Waals surface area contributed by atoms with Gasteiger partial charge in [0.05, 0.1) is 19.3 Å². The first-order valence-corrected chi connectivity index (χ1v) is 10.6. The average molecular weight is 396 g/mol. The highest BCUT2D eigenvalue weighted by Crippen LogP contribution is 2.31. The molecule has 3 aliphatic rings. The highest BCUT2D eigenvalue weighted by molar-refractivity contribution is 5.94. The molecule has 3 fully saturated rings. The number of carbonyl (C=O) groups is 3. The van der Waals surface area contributed by atoms with Crippen LogP contribution in [0.15, 0.2) is 0 Å². The van der Waals surface area contributed by atoms with E-state index in [0.717, 1.165) is 32.3 Å². The molecular formula is C20H33N3O5. The van der Waals surface area contributed by atoms with E-state index in [1.165, 1.54) is 20.0 Å². The first-order chi connectivity index (χ1) is 13.6. The van der Waals surface area contributed by atoms with Crippen molar-refractivity contribution in [3.63, 3.8) is 0 Å². The first-order valence-electron chi connectivity index (χ1n) is 10.6. The molecule has 2 heterocycles. The van der Waals surface area contributed by atoms with Crippen molar-refractivity contribution in [3.8, 4) is 0 Å². The third-order valence-electron chi connectivity index (χ3n) is 6.23. The molecule has 2 unspecified atom stereocenters. The molecule has 0 aromatic carbocycles. The minimum absolute atomic E-state index is 0.0942. The van der Waals surface area contributed by atoms with Crippen LogP contribution in [0, 0.1) is 5.92 Å². The zero-order chi connectivity index (χ0) is 19.9. The molecule has 1 saturated carbocycles. The second kappa shape index (κ2) is 10.2. The van der Waals surface area contributed by atoms with Gasteiger partial charge in [0.2, 0.25) is 11.8 Å². The maximum Gasteiger partial charge on any atom is 0.315 e. The quantitative estimate of drug-likeness (QED) is 0.500. The van der Waals surface area contributed by atoms with E-state index >= 15 is 0 Å². The summed E-state index contributed by atoms with van der Waals surface area (Å²) in [6, 6.07) is -0.137. The van der Waals surface area contributed by atoms with Crippen molar-refractivity contribution in [2.24, 2.45) is 5.92 Å². The van der Waals surface area contributed by atoms with E-state index in [-0.39, 0.29) is 30.4 Å². The summed E-state index contributed by atoms with van der Waals surface area (Å²) in [4.78, 5) is 40.5. The number of esters is 1. The fraction of sp³-hybridized carbons (Fsp3) is 0.850. The summed E-state index contributed by atoms with van der Waals surface area (Å²) in [6.07, 6.45) is 6.52. The minimum Gasteiger partial charge on any atom is -0.469 e. The molecule has 2 aliphatic heterocycles. The van der Waals surface area contributed by atoms with Crippen LogP contribution in [0.25, 0.3) is 0 Å². The van der Waals surface area contributed by atoms with Crippen molar-refractivity contribution < 1.29 is 23.9 Å². The molecular weight excluding hydrogens is 362 g/mol. The molecule has 0 spiro atoms. The van der Waals surface area contributed by atoms with Gasteiger partial charge in [-0.25, -0.2) is 0 Å². The van der Waals surface area contributed by atoms with E-state index in [4.69, 9.17) is 4.74 Å². The molecule has 8 heteroatoms. The summed E-state index contributed by atoms with van der Waals surface area (Å²) < 4.78 is 10.2. The maximum atomic E-state index is 13.0. The SMILES string of the molecule is COC(=O)CC(=O)N1CCN(C(C(=O)NCC2CCCO2)C2CCCC2)CC1. The van der Waals surface area contributed by atoms with Crippen molar-refractivity contribution in [2.45, 2.75) is 57.1 Å². The minimum atomic E-state index is -0.509. The lowest BCUT2D eigenvalue weighted by Gasteiger charge is -2.40. The largest absolute Gasteiger partial charge is 0.469 e. The molecule has 1 N–H and O–H groups in total. The predicted molar refractivity (Wildman–Crippen MR) is 103 cm³/mol. The lowest BCUT2D eigenvalue weighted by atomic mass is 9.95. The molecule has 3 rings (SSSR count). The van der Waals surface area contributed by atoms with Crippen LogP contribution >= 0.6 is 0 Å². The molecule has 2 amide bonds. The van der Waals surface area contributed by atoms with Crippen LogP contribution in [0.3, 0.4) is 0 Å². The Morgan fingerprint density at radius 1 is 1.07 bits per heavy atom. The summed E-state index contributed by atoms with van der Waals surface area (Å²) >= 11 is 0. The first kappa shape index (κ1) is 21.0. The Labute approximate surface area is 166 Å². The van der Waals surface area contributed by atoms with E-state index in [2.05, 4.69) is 15.0 Å². The molecule has 2 atom stereocenters. The molecule has 1 aliphatic carbocycles. The lowest BCUT2D eigenvalue weighted by molar-refractivity contribution is -0.147. The fourth-order valence-electron chi connectivity index (χ4n) is 4.63. The van der Waals surface area contributed by atoms with Crippen LogP contribution in [-0.4, -0.2) is 86.2 Å². The van der Waals surface area contributed by atoms with E-state index in [9.17, 15) is 14.4 Å². The van der Waals surface area contributed by atoms with Crippen LogP contribution in [0.1, 0.15) is 44.9 Å². The van der Waals surface area contributed by atoms with Crippen LogP contribution in [-0.2, 0) is 23.9 Å². The third-order valence-corrected chi connectivity index (χ3v) is 6.23. The Bertz CT molecular complexity index is 550. The van der Waals surface area contributed by atoms with Gasteiger partial charge >= 0.3 is 5.97 Å². The number of ether oxygens (including phenoxy) is 2. The van der Waals surface area contributed by atoms with Crippen molar-refractivity contribution in [2.75, 3.05) is 46.4 Å². The topological polar surface area (TPSA) is 88.2 Å². The standard InChI is InChI=1S/C20H33N3O5/c1-27-18(25)13-17(24)22-8-10-23(11-9-22)19(15-5-2-3-6-15)20(26)21-14-16-7-4-12-28-16/h15-16,19H,2-14H2,1H3,(H,21,26). The van der Waals surface area contributed by atoms with Gasteiger partial charge in [-0.15, -0.1) is 0 Å². The summed E-state index contributed by atoms with van der Waals surface area (Å²) in [7, 11) is 1.29. The Hall–Kier alpha value is -1.67. The summed E-state index contributed by atoms with van der Waals surface area (Å²) in [5.41, 5.74) is 0. The molecule has 0 bridgehead atoms. The molecule has 0 aromatic heterocycles. The van der Waals surface area contributed by atoms with Gasteiger partial charge < -0.3 is 19.7 Å². The Morgan fingerprint density at radius 3 is 2.39 bits per heavy atom. The number of piperazine rings is 1. The monoisotopic (exact) mass is 395 g/mol. The zero-order valence-corrected chi connectivity index (χ0v) is 16.9. The van der Waals surface area contributed by atoms with E-state index in [1.54, 1.807) is 4.90 Å². The van der Waals surface area contributed by atoms with Gasteiger partial charge in [-0.2, -0.15) is 0 Å². The number of nitrogens with one attached hydrogen (secondary N) is 1. The molecule has 2 saturated heterocycles. The van der Waals surface area contributed by atoms with Crippen LogP contribution in [0.4, 0.5) is 0 Å². The van der Waals surface area contributed by atoms with Gasteiger partial charge in [0.1, 0.15) is 6.42 Å². The third kappa shape index (κ3) is 5.44. The number of hydrogen-bond donors (Lipinski definition) is 1. The fourth-order valence-corrected chi connectivity index (χ4v) is 4.63. The summed E-state index contributed by atoms with van der Waals surface area (Å²) in [5.74, 6) is -0.241. The van der Waals surface area contributed by atoms with Gasteiger partial charge in [-0.1, -0.05) is 12.8 Å².